The smallest absolute Gasteiger partial charge is 0.108 e. The number of rotatable bonds is 10. The van der Waals surface area contributed by atoms with Crippen LogP contribution in [0.4, 0.5) is 0 Å². The molecule has 2 aliphatic heterocycles. The molecule has 2 aromatic rings. The van der Waals surface area contributed by atoms with E-state index in [9.17, 15) is 5.11 Å². The zero-order valence-corrected chi connectivity index (χ0v) is 24.3. The largest absolute Gasteiger partial charge is 0.393 e. The van der Waals surface area contributed by atoms with Crippen LogP contribution in [0.1, 0.15) is 62.5 Å². The molecule has 4 heterocycles. The van der Waals surface area contributed by atoms with Crippen LogP contribution in [0.25, 0.3) is 0 Å². The van der Waals surface area contributed by atoms with Crippen molar-refractivity contribution in [2.75, 3.05) is 11.5 Å². The maximum Gasteiger partial charge on any atom is 0.108 e. The summed E-state index contributed by atoms with van der Waals surface area (Å²) in [5.41, 5.74) is 2.85. The number of aromatic nitrogens is 2. The monoisotopic (exact) mass is 568 g/mol. The van der Waals surface area contributed by atoms with Gasteiger partial charge in [-0.1, -0.05) is 24.4 Å². The molecule has 0 radical (unpaired) electrons. The fourth-order valence-electron chi connectivity index (χ4n) is 5.39. The van der Waals surface area contributed by atoms with Crippen LogP contribution < -0.4 is 0 Å². The SMILES string of the molecule is OC(CCCCn1c(S)c2c(cc1=S)SCC2)CCCC1(n2c(S)c3c(cc2=S)SCC3)CC1. The molecule has 1 unspecified atom stereocenters. The van der Waals surface area contributed by atoms with Gasteiger partial charge >= 0.3 is 0 Å². The van der Waals surface area contributed by atoms with Gasteiger partial charge in [0, 0.05) is 33.4 Å². The van der Waals surface area contributed by atoms with Crippen LogP contribution in [-0.4, -0.2) is 31.9 Å². The average molecular weight is 569 g/mol. The van der Waals surface area contributed by atoms with E-state index in [1.54, 1.807) is 0 Å². The van der Waals surface area contributed by atoms with Crippen molar-refractivity contribution in [1.82, 2.24) is 9.13 Å². The van der Waals surface area contributed by atoms with E-state index in [1.165, 1.54) is 33.8 Å². The van der Waals surface area contributed by atoms with Crippen molar-refractivity contribution < 1.29 is 5.11 Å². The van der Waals surface area contributed by atoms with Crippen molar-refractivity contribution in [2.45, 2.75) is 102 Å². The lowest BCUT2D eigenvalue weighted by Gasteiger charge is -2.24. The summed E-state index contributed by atoms with van der Waals surface area (Å²) >= 11 is 24.8. The molecule has 1 saturated carbocycles. The lowest BCUT2D eigenvalue weighted by molar-refractivity contribution is 0.144. The minimum Gasteiger partial charge on any atom is -0.393 e. The number of thioether (sulfide) groups is 2. The van der Waals surface area contributed by atoms with Crippen LogP contribution in [0.15, 0.2) is 32.0 Å². The van der Waals surface area contributed by atoms with Crippen LogP contribution in [0.5, 0.6) is 0 Å². The highest BCUT2D eigenvalue weighted by Gasteiger charge is 2.45. The topological polar surface area (TPSA) is 30.1 Å². The molecular formula is C25H32N2OS6. The predicted molar refractivity (Wildman–Crippen MR) is 155 cm³/mol. The molecule has 0 aromatic carbocycles. The second-order valence-corrected chi connectivity index (χ2v) is 13.7. The molecule has 0 amide bonds. The molecule has 184 valence electrons. The number of aliphatic hydroxyl groups excluding tert-OH is 1. The van der Waals surface area contributed by atoms with E-state index in [0.29, 0.717) is 0 Å². The second-order valence-electron chi connectivity index (χ2n) is 9.75. The van der Waals surface area contributed by atoms with E-state index in [2.05, 4.69) is 21.3 Å². The summed E-state index contributed by atoms with van der Waals surface area (Å²) in [6, 6.07) is 4.31. The van der Waals surface area contributed by atoms with Gasteiger partial charge in [-0.2, -0.15) is 0 Å². The zero-order valence-electron chi connectivity index (χ0n) is 19.3. The molecule has 0 spiro atoms. The van der Waals surface area contributed by atoms with Crippen LogP contribution >= 0.6 is 73.2 Å². The standard InChI is InChI=1S/C25H32N2OS6/c28-16(4-1-2-11-26-21(29)14-19-17(23(26)31)6-12-33-19)5-3-8-25(9-10-25)27-22(30)15-20-18(24(27)32)7-13-34-20/h14-16,28,31-32H,1-13H2. The van der Waals surface area contributed by atoms with Crippen molar-refractivity contribution in [1.29, 1.82) is 0 Å². The van der Waals surface area contributed by atoms with Gasteiger partial charge in [0.25, 0.3) is 0 Å². The molecule has 1 N–H and O–H groups in total. The number of hydrogen-bond acceptors (Lipinski definition) is 7. The third kappa shape index (κ3) is 5.22. The van der Waals surface area contributed by atoms with Crippen molar-refractivity contribution in [3.05, 3.63) is 32.5 Å². The molecule has 0 saturated heterocycles. The molecular weight excluding hydrogens is 537 g/mol. The Kier molecular flexibility index (Phi) is 8.20. The molecule has 3 aliphatic rings. The van der Waals surface area contributed by atoms with Gasteiger partial charge in [0.1, 0.15) is 9.28 Å². The van der Waals surface area contributed by atoms with Crippen LogP contribution in [-0.2, 0) is 24.9 Å². The maximum atomic E-state index is 10.6. The van der Waals surface area contributed by atoms with E-state index < -0.39 is 0 Å². The first-order chi connectivity index (χ1) is 16.4. The summed E-state index contributed by atoms with van der Waals surface area (Å²) in [6.07, 6.45) is 10.1. The van der Waals surface area contributed by atoms with E-state index in [4.69, 9.17) is 49.7 Å². The Morgan fingerprint density at radius 3 is 2.21 bits per heavy atom. The van der Waals surface area contributed by atoms with Crippen molar-refractivity contribution in [3.63, 3.8) is 0 Å². The van der Waals surface area contributed by atoms with Gasteiger partial charge in [-0.05, 0) is 87.5 Å². The molecule has 2 aromatic heterocycles. The summed E-state index contributed by atoms with van der Waals surface area (Å²) in [5.74, 6) is 2.26. The maximum absolute atomic E-state index is 10.6. The van der Waals surface area contributed by atoms with Crippen LogP contribution in [0.3, 0.4) is 0 Å². The van der Waals surface area contributed by atoms with Crippen molar-refractivity contribution >= 4 is 73.2 Å². The second kappa shape index (κ2) is 10.8. The number of unbranched alkanes of at least 4 members (excludes halogenated alkanes) is 1. The minimum atomic E-state index is -0.240. The number of pyridine rings is 2. The van der Waals surface area contributed by atoms with Crippen LogP contribution in [0, 0.1) is 9.28 Å². The Hall–Kier alpha value is 0.1000. The molecule has 0 bridgehead atoms. The van der Waals surface area contributed by atoms with Gasteiger partial charge < -0.3 is 14.2 Å². The average Bonchev–Trinajstić information content (AvgIpc) is 3.18. The van der Waals surface area contributed by atoms with Crippen molar-refractivity contribution in [3.8, 4) is 0 Å². The summed E-state index contributed by atoms with van der Waals surface area (Å²) in [6.45, 7) is 0.880. The van der Waals surface area contributed by atoms with Gasteiger partial charge in [-0.25, -0.2) is 0 Å². The van der Waals surface area contributed by atoms with Gasteiger partial charge in [0.2, 0.25) is 0 Å². The van der Waals surface area contributed by atoms with Gasteiger partial charge in [0.05, 0.1) is 16.2 Å². The Morgan fingerprint density at radius 2 is 1.53 bits per heavy atom. The van der Waals surface area contributed by atoms with E-state index in [1.807, 2.05) is 23.5 Å². The Bertz CT molecular complexity index is 1200. The van der Waals surface area contributed by atoms with E-state index >= 15 is 0 Å². The summed E-state index contributed by atoms with van der Waals surface area (Å²) in [5, 5.41) is 12.7. The minimum absolute atomic E-state index is 0.126. The molecule has 5 rings (SSSR count). The Labute approximate surface area is 232 Å². The molecule has 3 nitrogen and oxygen atoms in total. The highest BCUT2D eigenvalue weighted by Crippen LogP contribution is 2.51. The zero-order chi connectivity index (χ0) is 23.9. The highest BCUT2D eigenvalue weighted by atomic mass is 32.2. The third-order valence-corrected chi connectivity index (χ3v) is 11.3. The molecule has 1 aliphatic carbocycles. The third-order valence-electron chi connectivity index (χ3n) is 7.47. The van der Waals surface area contributed by atoms with E-state index in [-0.39, 0.29) is 11.6 Å². The number of nitrogens with zero attached hydrogens (tertiary/aromatic N) is 2. The Balaban J connectivity index is 1.09. The fraction of sp³-hybridized carbons (Fsp3) is 0.600. The van der Waals surface area contributed by atoms with Gasteiger partial charge in [0.15, 0.2) is 0 Å². The molecule has 9 heteroatoms. The van der Waals surface area contributed by atoms with Crippen molar-refractivity contribution in [2.24, 2.45) is 0 Å². The molecule has 34 heavy (non-hydrogen) atoms. The fourth-order valence-corrected chi connectivity index (χ4v) is 9.71. The predicted octanol–water partition coefficient (Wildman–Crippen LogP) is 7.51. The summed E-state index contributed by atoms with van der Waals surface area (Å²) in [7, 11) is 0. The highest BCUT2D eigenvalue weighted by molar-refractivity contribution is 8.00. The normalized spacial score (nSPS) is 18.7. The molecule has 1 atom stereocenters. The lowest BCUT2D eigenvalue weighted by atomic mass is 10.0. The number of aliphatic hydroxyl groups is 1. The quantitative estimate of drug-likeness (QED) is 0.157. The number of thiol groups is 2. The van der Waals surface area contributed by atoms with Gasteiger partial charge in [-0.3, -0.25) is 0 Å². The Morgan fingerprint density at radius 1 is 0.912 bits per heavy atom. The van der Waals surface area contributed by atoms with E-state index in [0.717, 1.165) is 88.8 Å². The first-order valence-corrected chi connectivity index (χ1v) is 16.0. The first-order valence-electron chi connectivity index (χ1n) is 12.3. The van der Waals surface area contributed by atoms with Gasteiger partial charge in [-0.15, -0.1) is 48.8 Å². The van der Waals surface area contributed by atoms with Crippen LogP contribution in [0.2, 0.25) is 0 Å². The number of fused-ring (bicyclic) bond motifs is 2. The summed E-state index contributed by atoms with van der Waals surface area (Å²) in [4.78, 5) is 2.63. The lowest BCUT2D eigenvalue weighted by Crippen LogP contribution is -2.21. The summed E-state index contributed by atoms with van der Waals surface area (Å²) < 4.78 is 6.29. The first kappa shape index (κ1) is 25.7. The molecule has 1 fully saturated rings. The number of hydrogen-bond donors (Lipinski definition) is 3.